The molecule has 0 unspecified atom stereocenters. The number of carbonyl (C=O) groups excluding carboxylic acids is 2. The van der Waals surface area contributed by atoms with Crippen LogP contribution in [-0.4, -0.2) is 30.1 Å². The summed E-state index contributed by atoms with van der Waals surface area (Å²) >= 11 is 1.12. The van der Waals surface area contributed by atoms with E-state index in [1.54, 1.807) is 0 Å². The standard InChI is InChI=1S/C7H7N4O3S/c1-14-11-5(6(8)13)4-2-15-7(10-4)9-3-12/h2-3,8H,1H3,(H,9,10,12)/b11-5+. The molecule has 0 aliphatic carbocycles. The molecule has 1 aromatic rings. The quantitative estimate of drug-likeness (QED) is 0.429. The number of aromatic nitrogens is 1. The van der Waals surface area contributed by atoms with Gasteiger partial charge in [0, 0.05) is 5.38 Å². The van der Waals surface area contributed by atoms with Gasteiger partial charge >= 0.3 is 0 Å². The Kier molecular flexibility index (Phi) is 3.75. The average Bonchev–Trinajstić information content (AvgIpc) is 2.62. The molecule has 0 aliphatic rings. The number of thiazole rings is 1. The van der Waals surface area contributed by atoms with E-state index in [-0.39, 0.29) is 11.4 Å². The zero-order valence-corrected chi connectivity index (χ0v) is 8.50. The minimum atomic E-state index is -1.00. The molecule has 79 valence electrons. The first-order chi connectivity index (χ1) is 7.19. The Hall–Kier alpha value is -1.96. The summed E-state index contributed by atoms with van der Waals surface area (Å²) in [6, 6.07) is 0. The first-order valence-electron chi connectivity index (χ1n) is 3.72. The Labute approximate surface area is 88.9 Å². The van der Waals surface area contributed by atoms with Gasteiger partial charge in [0.05, 0.1) is 0 Å². The number of nitrogens with zero attached hydrogens (tertiary/aromatic N) is 2. The van der Waals surface area contributed by atoms with Crippen LogP contribution in [0.25, 0.3) is 0 Å². The predicted molar refractivity (Wildman–Crippen MR) is 53.5 cm³/mol. The highest BCUT2D eigenvalue weighted by Gasteiger charge is 2.15. The molecule has 0 fully saturated rings. The molecule has 0 saturated carbocycles. The second-order valence-corrected chi connectivity index (χ2v) is 3.11. The molecule has 0 atom stereocenters. The molecule has 0 saturated heterocycles. The van der Waals surface area contributed by atoms with Gasteiger partial charge < -0.3 is 10.2 Å². The molecular weight excluding hydrogens is 220 g/mol. The molecule has 1 radical (unpaired) electrons. The molecule has 2 N–H and O–H groups in total. The molecule has 1 heterocycles. The third-order valence-electron chi connectivity index (χ3n) is 1.33. The number of anilines is 1. The van der Waals surface area contributed by atoms with E-state index >= 15 is 0 Å². The Bertz CT molecular complexity index is 401. The average molecular weight is 227 g/mol. The van der Waals surface area contributed by atoms with Crippen LogP contribution in [0.3, 0.4) is 0 Å². The van der Waals surface area contributed by atoms with Crippen molar-refractivity contribution in [2.45, 2.75) is 0 Å². The van der Waals surface area contributed by atoms with E-state index in [0.29, 0.717) is 11.5 Å². The molecule has 0 aliphatic heterocycles. The molecule has 1 aromatic heterocycles. The van der Waals surface area contributed by atoms with Crippen molar-refractivity contribution in [2.24, 2.45) is 5.16 Å². The number of oxime groups is 1. The summed E-state index contributed by atoms with van der Waals surface area (Å²) in [6.45, 7) is 0. The van der Waals surface area contributed by atoms with Gasteiger partial charge in [0.25, 0.3) is 5.91 Å². The highest BCUT2D eigenvalue weighted by Crippen LogP contribution is 2.15. The fourth-order valence-electron chi connectivity index (χ4n) is 0.795. The Morgan fingerprint density at radius 2 is 2.53 bits per heavy atom. The molecule has 7 nitrogen and oxygen atoms in total. The van der Waals surface area contributed by atoms with Crippen LogP contribution in [0.15, 0.2) is 10.5 Å². The Morgan fingerprint density at radius 1 is 1.80 bits per heavy atom. The van der Waals surface area contributed by atoms with Crippen LogP contribution >= 0.6 is 11.3 Å². The molecule has 0 aromatic carbocycles. The van der Waals surface area contributed by atoms with Crippen molar-refractivity contribution in [3.63, 3.8) is 0 Å². The first-order valence-corrected chi connectivity index (χ1v) is 4.60. The number of nitrogens with one attached hydrogen (secondary N) is 2. The molecule has 0 spiro atoms. The highest BCUT2D eigenvalue weighted by molar-refractivity contribution is 7.14. The van der Waals surface area contributed by atoms with Crippen molar-refractivity contribution < 1.29 is 14.4 Å². The van der Waals surface area contributed by atoms with E-state index in [0.717, 1.165) is 11.3 Å². The maximum absolute atomic E-state index is 10.8. The summed E-state index contributed by atoms with van der Waals surface area (Å²) in [5, 5.41) is 7.52. The summed E-state index contributed by atoms with van der Waals surface area (Å²) < 4.78 is 0. The van der Waals surface area contributed by atoms with Crippen LogP contribution in [0.5, 0.6) is 0 Å². The van der Waals surface area contributed by atoms with E-state index in [1.807, 2.05) is 0 Å². The smallest absolute Gasteiger partial charge is 0.294 e. The summed E-state index contributed by atoms with van der Waals surface area (Å²) in [5.41, 5.74) is 6.91. The zero-order valence-electron chi connectivity index (χ0n) is 7.68. The van der Waals surface area contributed by atoms with Gasteiger partial charge in [-0.1, -0.05) is 5.16 Å². The zero-order chi connectivity index (χ0) is 11.3. The fourth-order valence-corrected chi connectivity index (χ4v) is 1.45. The monoisotopic (exact) mass is 227 g/mol. The van der Waals surface area contributed by atoms with E-state index in [9.17, 15) is 9.59 Å². The van der Waals surface area contributed by atoms with Crippen molar-refractivity contribution in [2.75, 3.05) is 12.4 Å². The second kappa shape index (κ2) is 5.05. The van der Waals surface area contributed by atoms with Crippen molar-refractivity contribution in [1.29, 1.82) is 0 Å². The van der Waals surface area contributed by atoms with Gasteiger partial charge in [0.1, 0.15) is 12.8 Å². The van der Waals surface area contributed by atoms with Crippen LogP contribution < -0.4 is 11.1 Å². The van der Waals surface area contributed by atoms with Crippen LogP contribution in [0.1, 0.15) is 5.69 Å². The van der Waals surface area contributed by atoms with Gasteiger partial charge in [-0.25, -0.2) is 4.98 Å². The first kappa shape index (κ1) is 11.1. The lowest BCUT2D eigenvalue weighted by atomic mass is 10.3. The third-order valence-corrected chi connectivity index (χ3v) is 2.10. The van der Waals surface area contributed by atoms with Crippen molar-refractivity contribution in [3.05, 3.63) is 11.1 Å². The molecule has 8 heteroatoms. The third kappa shape index (κ3) is 2.74. The number of hydrogen-bond donors (Lipinski definition) is 1. The minimum Gasteiger partial charge on any atom is -0.398 e. The highest BCUT2D eigenvalue weighted by atomic mass is 32.1. The van der Waals surface area contributed by atoms with Crippen LogP contribution in [-0.2, 0) is 14.4 Å². The van der Waals surface area contributed by atoms with Gasteiger partial charge in [0.15, 0.2) is 10.8 Å². The van der Waals surface area contributed by atoms with Gasteiger partial charge in [-0.3, -0.25) is 15.3 Å². The molecule has 0 bridgehead atoms. The van der Waals surface area contributed by atoms with Gasteiger partial charge in [-0.05, 0) is 0 Å². The molecule has 15 heavy (non-hydrogen) atoms. The minimum absolute atomic E-state index is 0.200. The summed E-state index contributed by atoms with van der Waals surface area (Å²) in [7, 11) is 1.26. The van der Waals surface area contributed by atoms with E-state index in [2.05, 4.69) is 20.3 Å². The Balaban J connectivity index is 2.97. The summed E-state index contributed by atoms with van der Waals surface area (Å²) in [5.74, 6) is -1.00. The SMILES string of the molecule is CO/N=C(/C([NH])=O)c1csc(NC=O)n1. The van der Waals surface area contributed by atoms with Crippen molar-refractivity contribution >= 4 is 34.5 Å². The normalized spacial score (nSPS) is 10.9. The Morgan fingerprint density at radius 3 is 3.07 bits per heavy atom. The number of carbonyl (C=O) groups is 2. The van der Waals surface area contributed by atoms with Gasteiger partial charge in [-0.2, -0.15) is 0 Å². The van der Waals surface area contributed by atoms with E-state index in [4.69, 9.17) is 5.73 Å². The van der Waals surface area contributed by atoms with Crippen molar-refractivity contribution in [3.8, 4) is 0 Å². The second-order valence-electron chi connectivity index (χ2n) is 2.25. The van der Waals surface area contributed by atoms with Crippen LogP contribution in [0.2, 0.25) is 0 Å². The van der Waals surface area contributed by atoms with Crippen molar-refractivity contribution in [1.82, 2.24) is 10.7 Å². The number of hydrogen-bond acceptors (Lipinski definition) is 6. The lowest BCUT2D eigenvalue weighted by Crippen LogP contribution is -2.17. The van der Waals surface area contributed by atoms with E-state index in [1.165, 1.54) is 12.5 Å². The largest absolute Gasteiger partial charge is 0.398 e. The summed E-state index contributed by atoms with van der Waals surface area (Å²) in [6.07, 6.45) is 0.471. The maximum Gasteiger partial charge on any atom is 0.294 e. The maximum atomic E-state index is 10.8. The fraction of sp³-hybridized carbons (Fsp3) is 0.143. The van der Waals surface area contributed by atoms with Crippen LogP contribution in [0.4, 0.5) is 5.13 Å². The summed E-state index contributed by atoms with van der Waals surface area (Å²) in [4.78, 5) is 29.2. The van der Waals surface area contributed by atoms with Gasteiger partial charge in [-0.15, -0.1) is 11.3 Å². The number of amides is 2. The lowest BCUT2D eigenvalue weighted by Gasteiger charge is -1.95. The van der Waals surface area contributed by atoms with E-state index < -0.39 is 5.91 Å². The predicted octanol–water partition coefficient (Wildman–Crippen LogP) is -0.129. The molecule has 1 rings (SSSR count). The number of rotatable bonds is 5. The lowest BCUT2D eigenvalue weighted by molar-refractivity contribution is -0.112. The van der Waals surface area contributed by atoms with Crippen LogP contribution in [0, 0.1) is 0 Å². The molecule has 2 amide bonds. The molecular formula is C7H7N4O3S. The topological polar surface area (TPSA) is 104 Å². The van der Waals surface area contributed by atoms with Gasteiger partial charge in [0.2, 0.25) is 6.41 Å².